The number of phosphoric ester groups is 1. The number of quaternary nitrogens is 1. The van der Waals surface area contributed by atoms with Crippen LogP contribution in [-0.2, 0) is 18.4 Å². The lowest BCUT2D eigenvalue weighted by molar-refractivity contribution is -0.870. The van der Waals surface area contributed by atoms with Gasteiger partial charge in [-0.1, -0.05) is 178 Å². The van der Waals surface area contributed by atoms with Crippen LogP contribution >= 0.6 is 7.82 Å². The molecule has 0 bridgehead atoms. The molecule has 1 amide bonds. The summed E-state index contributed by atoms with van der Waals surface area (Å²) in [5.74, 6) is -0.368. The molecule has 3 N–H and O–H groups in total. The van der Waals surface area contributed by atoms with Gasteiger partial charge in [0.25, 0.3) is 0 Å². The van der Waals surface area contributed by atoms with E-state index in [-0.39, 0.29) is 19.1 Å². The molecule has 0 aromatic carbocycles. The minimum absolute atomic E-state index is 0.0496. The summed E-state index contributed by atoms with van der Waals surface area (Å²) in [5.41, 5.74) is 0. The molecule has 3 atom stereocenters. The molecule has 0 aromatic heterocycles. The Balaban J connectivity index is 3.69. The molecule has 9 heteroatoms. The molecule has 0 spiro atoms. The number of aliphatic hydroxyl groups is 1. The first-order valence-electron chi connectivity index (χ1n) is 21.8. The standard InChI is InChI=1S/C44H85N2O6P/c1-6-7-8-9-10-11-12-13-14-15-16-17-18-19-20-21-22-23-24-25-26-27-28-29-30-31-32-33-34-35-36-37-38-44(48)43(45-42(2)47)41-52-53(49,50)51-40-39-46(3,4)5/h29-30,33-34,37-38,43-44,48H,6-28,31-32,35-36,39-41H2,1-5H3,(H-,45,47,49,50)/p+1/b30-29+,34-33+,38-37+. The maximum Gasteiger partial charge on any atom is 0.472 e. The molecule has 0 aromatic rings. The van der Waals surface area contributed by atoms with E-state index in [9.17, 15) is 19.4 Å². The van der Waals surface area contributed by atoms with Gasteiger partial charge in [0.1, 0.15) is 13.2 Å². The van der Waals surface area contributed by atoms with E-state index >= 15 is 0 Å². The van der Waals surface area contributed by atoms with Gasteiger partial charge in [-0.15, -0.1) is 0 Å². The average molecular weight is 770 g/mol. The number of phosphoric acid groups is 1. The Morgan fingerprint density at radius 3 is 1.40 bits per heavy atom. The topological polar surface area (TPSA) is 105 Å². The number of rotatable bonds is 39. The molecule has 8 nitrogen and oxygen atoms in total. The second-order valence-electron chi connectivity index (χ2n) is 16.1. The maximum atomic E-state index is 12.2. The zero-order valence-electron chi connectivity index (χ0n) is 35.3. The van der Waals surface area contributed by atoms with Gasteiger partial charge in [-0.3, -0.25) is 13.8 Å². The molecule has 0 aliphatic carbocycles. The van der Waals surface area contributed by atoms with Crippen molar-refractivity contribution in [1.82, 2.24) is 5.32 Å². The summed E-state index contributed by atoms with van der Waals surface area (Å²) >= 11 is 0. The van der Waals surface area contributed by atoms with E-state index in [1.54, 1.807) is 6.08 Å². The summed E-state index contributed by atoms with van der Waals surface area (Å²) in [7, 11) is 1.53. The number of hydrogen-bond donors (Lipinski definition) is 3. The molecule has 0 saturated carbocycles. The minimum Gasteiger partial charge on any atom is -0.387 e. The third-order valence-corrected chi connectivity index (χ3v) is 10.6. The van der Waals surface area contributed by atoms with Crippen LogP contribution in [0.5, 0.6) is 0 Å². The van der Waals surface area contributed by atoms with E-state index in [1.165, 1.54) is 155 Å². The highest BCUT2D eigenvalue weighted by molar-refractivity contribution is 7.47. The van der Waals surface area contributed by atoms with E-state index in [0.717, 1.165) is 25.7 Å². The van der Waals surface area contributed by atoms with Crippen LogP contribution in [0.25, 0.3) is 0 Å². The zero-order chi connectivity index (χ0) is 39.3. The second-order valence-corrected chi connectivity index (χ2v) is 17.6. The summed E-state index contributed by atoms with van der Waals surface area (Å²) in [6.07, 6.45) is 47.5. The van der Waals surface area contributed by atoms with Gasteiger partial charge in [-0.2, -0.15) is 0 Å². The molecular weight excluding hydrogens is 683 g/mol. The number of carbonyl (C=O) groups excluding carboxylic acids is 1. The van der Waals surface area contributed by atoms with Gasteiger partial charge < -0.3 is 19.8 Å². The van der Waals surface area contributed by atoms with Gasteiger partial charge in [0.2, 0.25) is 5.91 Å². The van der Waals surface area contributed by atoms with Crippen molar-refractivity contribution < 1.29 is 32.9 Å². The van der Waals surface area contributed by atoms with Crippen molar-refractivity contribution in [3.8, 4) is 0 Å². The summed E-state index contributed by atoms with van der Waals surface area (Å²) < 4.78 is 22.8. The third-order valence-electron chi connectivity index (χ3n) is 9.63. The minimum atomic E-state index is -4.30. The first kappa shape index (κ1) is 51.7. The highest BCUT2D eigenvalue weighted by Gasteiger charge is 2.27. The number of amides is 1. The number of nitrogens with one attached hydrogen (secondary N) is 1. The molecule has 0 radical (unpaired) electrons. The predicted molar refractivity (Wildman–Crippen MR) is 226 cm³/mol. The average Bonchev–Trinajstić information content (AvgIpc) is 3.09. The van der Waals surface area contributed by atoms with Crippen LogP contribution in [0, 0.1) is 0 Å². The van der Waals surface area contributed by atoms with Gasteiger partial charge in [0.15, 0.2) is 0 Å². The van der Waals surface area contributed by atoms with Crippen LogP contribution in [0.2, 0.25) is 0 Å². The first-order valence-corrected chi connectivity index (χ1v) is 23.3. The van der Waals surface area contributed by atoms with Crippen LogP contribution in [0.1, 0.15) is 187 Å². The lowest BCUT2D eigenvalue weighted by Crippen LogP contribution is -2.44. The number of aliphatic hydroxyl groups excluding tert-OH is 1. The molecule has 0 saturated heterocycles. The Morgan fingerprint density at radius 1 is 0.623 bits per heavy atom. The van der Waals surface area contributed by atoms with E-state index in [1.807, 2.05) is 27.2 Å². The van der Waals surface area contributed by atoms with Gasteiger partial charge in [0, 0.05) is 6.92 Å². The van der Waals surface area contributed by atoms with Crippen molar-refractivity contribution in [2.75, 3.05) is 40.9 Å². The lowest BCUT2D eigenvalue weighted by atomic mass is 10.0. The predicted octanol–water partition coefficient (Wildman–Crippen LogP) is 11.9. The molecule has 0 heterocycles. The summed E-state index contributed by atoms with van der Waals surface area (Å²) in [6, 6.07) is -0.869. The highest BCUT2D eigenvalue weighted by Crippen LogP contribution is 2.43. The van der Waals surface area contributed by atoms with Crippen LogP contribution in [0.15, 0.2) is 36.5 Å². The van der Waals surface area contributed by atoms with Gasteiger partial charge in [0.05, 0.1) is 39.9 Å². The molecule has 312 valence electrons. The number of nitrogens with zero attached hydrogens (tertiary/aromatic N) is 1. The van der Waals surface area contributed by atoms with E-state index in [2.05, 4.69) is 36.5 Å². The fourth-order valence-corrected chi connectivity index (χ4v) is 6.96. The number of likely N-dealkylation sites (N-methyl/N-ethyl adjacent to an activating group) is 1. The molecule has 0 aliphatic rings. The van der Waals surface area contributed by atoms with Crippen molar-refractivity contribution in [2.24, 2.45) is 0 Å². The second kappa shape index (κ2) is 36.4. The summed E-state index contributed by atoms with van der Waals surface area (Å²) in [5, 5.41) is 13.1. The number of unbranched alkanes of at least 4 members (excludes halogenated alkanes) is 24. The zero-order valence-corrected chi connectivity index (χ0v) is 36.1. The van der Waals surface area contributed by atoms with Crippen LogP contribution in [0.3, 0.4) is 0 Å². The molecule has 53 heavy (non-hydrogen) atoms. The number of allylic oxidation sites excluding steroid dienone is 5. The van der Waals surface area contributed by atoms with Crippen molar-refractivity contribution in [3.63, 3.8) is 0 Å². The van der Waals surface area contributed by atoms with Gasteiger partial charge in [-0.25, -0.2) is 4.57 Å². The fourth-order valence-electron chi connectivity index (χ4n) is 6.23. The Kier molecular flexibility index (Phi) is 35.5. The SMILES string of the molecule is CCCCCCCCCCCCCCCCCCCCCCCC/C=C/CC/C=C/CC/C=C/C(O)C(COP(=O)(O)OCC[N+](C)(C)C)NC(C)=O. The van der Waals surface area contributed by atoms with Crippen LogP contribution in [-0.4, -0.2) is 73.4 Å². The Morgan fingerprint density at radius 2 is 1.00 bits per heavy atom. The molecular formula is C44H86N2O6P+. The Bertz CT molecular complexity index is 964. The van der Waals surface area contributed by atoms with E-state index in [0.29, 0.717) is 11.0 Å². The van der Waals surface area contributed by atoms with E-state index in [4.69, 9.17) is 9.05 Å². The Labute approximate surface area is 327 Å². The van der Waals surface area contributed by atoms with Crippen molar-refractivity contribution in [2.45, 2.75) is 199 Å². The largest absolute Gasteiger partial charge is 0.472 e. The smallest absolute Gasteiger partial charge is 0.387 e. The molecule has 0 aliphatic heterocycles. The summed E-state index contributed by atoms with van der Waals surface area (Å²) in [6.45, 7) is 3.84. The van der Waals surface area contributed by atoms with E-state index < -0.39 is 20.0 Å². The van der Waals surface area contributed by atoms with Crippen LogP contribution < -0.4 is 5.32 Å². The number of hydrogen-bond acceptors (Lipinski definition) is 5. The maximum absolute atomic E-state index is 12.2. The monoisotopic (exact) mass is 770 g/mol. The lowest BCUT2D eigenvalue weighted by Gasteiger charge is -2.25. The Hall–Kier alpha value is -1.28. The van der Waals surface area contributed by atoms with Crippen LogP contribution in [0.4, 0.5) is 0 Å². The van der Waals surface area contributed by atoms with Crippen molar-refractivity contribution >= 4 is 13.7 Å². The molecule has 0 fully saturated rings. The van der Waals surface area contributed by atoms with Gasteiger partial charge >= 0.3 is 7.82 Å². The first-order chi connectivity index (χ1) is 25.5. The highest BCUT2D eigenvalue weighted by atomic mass is 31.2. The van der Waals surface area contributed by atoms with Crippen molar-refractivity contribution in [3.05, 3.63) is 36.5 Å². The van der Waals surface area contributed by atoms with Crippen molar-refractivity contribution in [1.29, 1.82) is 0 Å². The summed E-state index contributed by atoms with van der Waals surface area (Å²) in [4.78, 5) is 21.6. The van der Waals surface area contributed by atoms with Gasteiger partial charge in [-0.05, 0) is 38.5 Å². The fraction of sp³-hybridized carbons (Fsp3) is 0.841. The molecule has 0 rings (SSSR count). The quantitative estimate of drug-likeness (QED) is 0.0249. The molecule has 3 unspecified atom stereocenters. The third kappa shape index (κ3) is 40.2. The number of carbonyl (C=O) groups is 1. The normalized spacial score (nSPS) is 14.8.